The molecule has 0 radical (unpaired) electrons. The van der Waals surface area contributed by atoms with E-state index in [1.807, 2.05) is 0 Å². The first-order valence-corrected chi connectivity index (χ1v) is 8.46. The summed E-state index contributed by atoms with van der Waals surface area (Å²) in [4.78, 5) is -2.78. The quantitative estimate of drug-likeness (QED) is 0.575. The van der Waals surface area contributed by atoms with Gasteiger partial charge in [0.25, 0.3) is 0 Å². The molecule has 108 valence electrons. The van der Waals surface area contributed by atoms with Crippen LogP contribution in [0.15, 0.2) is 10.1 Å². The van der Waals surface area contributed by atoms with Gasteiger partial charge in [0.1, 0.15) is 9.75 Å². The van der Waals surface area contributed by atoms with Crippen LogP contribution in [0.25, 0.3) is 0 Å². The van der Waals surface area contributed by atoms with Gasteiger partial charge in [0.15, 0.2) is 4.33 Å². The predicted octanol–water partition coefficient (Wildman–Crippen LogP) is 3.69. The smallest absolute Gasteiger partial charge is 0.268 e. The minimum atomic E-state index is -1.86. The second-order valence-corrected chi connectivity index (χ2v) is 8.77. The number of hydrogen-bond acceptors (Lipinski definition) is 3. The zero-order valence-electron chi connectivity index (χ0n) is 8.97. The van der Waals surface area contributed by atoms with Crippen molar-refractivity contribution in [1.29, 1.82) is 0 Å². The Bertz CT molecular complexity index is 470. The summed E-state index contributed by atoms with van der Waals surface area (Å²) in [5, 5.41) is 0.210. The summed E-state index contributed by atoms with van der Waals surface area (Å²) in [6, 6.07) is 0. The second kappa shape index (κ2) is 4.53. The minimum Gasteiger partial charge on any atom is -0.268 e. The van der Waals surface area contributed by atoms with Crippen LogP contribution in [-0.4, -0.2) is 31.5 Å². The van der Waals surface area contributed by atoms with Crippen molar-refractivity contribution in [2.75, 3.05) is 13.2 Å². The fraction of sp³-hybridized carbons (Fsp3) is 0.778. The molecule has 0 aromatic carbocycles. The van der Waals surface area contributed by atoms with Gasteiger partial charge in [-0.25, -0.2) is 0 Å². The summed E-state index contributed by atoms with van der Waals surface area (Å²) in [5.41, 5.74) is 0. The highest BCUT2D eigenvalue weighted by Gasteiger charge is 2.82. The molecule has 0 N–H and O–H groups in total. The standard InChI is InChI=1S/C9H6Cl6O3S/c10-5-6(11)8(13)4-2-18-19(16)17-1-3(4)7(5,12)9(8,14)15/h3-4H,1-2H2/t3-,4?,7?,8?,19?/m0/s1. The zero-order valence-corrected chi connectivity index (χ0v) is 14.3. The van der Waals surface area contributed by atoms with Gasteiger partial charge >= 0.3 is 11.4 Å². The predicted molar refractivity (Wildman–Crippen MR) is 77.4 cm³/mol. The van der Waals surface area contributed by atoms with Gasteiger partial charge in [0.05, 0.1) is 23.3 Å². The Morgan fingerprint density at radius 1 is 0.947 bits per heavy atom. The molecule has 2 bridgehead atoms. The molecular weight excluding hydrogens is 401 g/mol. The molecule has 1 saturated heterocycles. The van der Waals surface area contributed by atoms with Crippen molar-refractivity contribution in [2.24, 2.45) is 11.8 Å². The SMILES string of the molecule is O=S1OCC2[C@H](CO1)C1(Cl)C(Cl)=C(Cl)C2(Cl)C1(Cl)Cl. The Morgan fingerprint density at radius 2 is 1.32 bits per heavy atom. The van der Waals surface area contributed by atoms with E-state index in [1.165, 1.54) is 0 Å². The van der Waals surface area contributed by atoms with E-state index in [0.29, 0.717) is 0 Å². The third kappa shape index (κ3) is 1.59. The van der Waals surface area contributed by atoms with E-state index < -0.39 is 37.3 Å². The lowest BCUT2D eigenvalue weighted by atomic mass is 9.83. The van der Waals surface area contributed by atoms with Crippen molar-refractivity contribution in [3.8, 4) is 0 Å². The van der Waals surface area contributed by atoms with Crippen LogP contribution in [0.2, 0.25) is 0 Å². The summed E-state index contributed by atoms with van der Waals surface area (Å²) < 4.78 is 19.7. The monoisotopic (exact) mass is 404 g/mol. The Hall–Kier alpha value is 1.55. The molecule has 0 amide bonds. The molecule has 10 heteroatoms. The van der Waals surface area contributed by atoms with Crippen LogP contribution in [0, 0.1) is 11.8 Å². The van der Waals surface area contributed by atoms with E-state index >= 15 is 0 Å². The van der Waals surface area contributed by atoms with Crippen LogP contribution in [0.4, 0.5) is 0 Å². The maximum Gasteiger partial charge on any atom is 0.304 e. The average molecular weight is 407 g/mol. The molecule has 4 unspecified atom stereocenters. The topological polar surface area (TPSA) is 35.5 Å². The largest absolute Gasteiger partial charge is 0.304 e. The first-order valence-electron chi connectivity index (χ1n) is 5.19. The summed E-state index contributed by atoms with van der Waals surface area (Å²) in [5.74, 6) is -0.911. The first-order chi connectivity index (χ1) is 8.69. The lowest BCUT2D eigenvalue weighted by Gasteiger charge is -2.33. The highest BCUT2D eigenvalue weighted by Crippen LogP contribution is 2.76. The van der Waals surface area contributed by atoms with Crippen LogP contribution < -0.4 is 0 Å². The van der Waals surface area contributed by atoms with E-state index in [-0.39, 0.29) is 23.3 Å². The Morgan fingerprint density at radius 3 is 1.68 bits per heavy atom. The molecule has 2 aliphatic carbocycles. The van der Waals surface area contributed by atoms with Crippen LogP contribution in [0.1, 0.15) is 0 Å². The van der Waals surface area contributed by atoms with Crippen molar-refractivity contribution >= 4 is 81.0 Å². The van der Waals surface area contributed by atoms with Gasteiger partial charge in [-0.1, -0.05) is 46.4 Å². The van der Waals surface area contributed by atoms with Crippen molar-refractivity contribution in [3.63, 3.8) is 0 Å². The van der Waals surface area contributed by atoms with Crippen molar-refractivity contribution < 1.29 is 12.6 Å². The molecule has 0 aromatic heterocycles. The number of fused-ring (bicyclic) bond motifs is 5. The lowest BCUT2D eigenvalue weighted by Crippen LogP contribution is -2.45. The summed E-state index contributed by atoms with van der Waals surface area (Å²) in [6.07, 6.45) is 0. The summed E-state index contributed by atoms with van der Waals surface area (Å²) in [6.45, 7) is 0.0215. The number of rotatable bonds is 0. The third-order valence-electron chi connectivity index (χ3n) is 3.94. The van der Waals surface area contributed by atoms with Crippen LogP contribution >= 0.6 is 69.6 Å². The molecule has 1 saturated carbocycles. The second-order valence-electron chi connectivity index (χ2n) is 4.61. The number of allylic oxidation sites excluding steroid dienone is 2. The molecule has 5 atom stereocenters. The molecule has 2 fully saturated rings. The van der Waals surface area contributed by atoms with E-state index in [9.17, 15) is 4.21 Å². The normalized spacial score (nSPS) is 52.2. The van der Waals surface area contributed by atoms with Gasteiger partial charge in [-0.2, -0.15) is 4.21 Å². The molecule has 19 heavy (non-hydrogen) atoms. The molecule has 3 rings (SSSR count). The van der Waals surface area contributed by atoms with E-state index in [0.717, 1.165) is 0 Å². The number of hydrogen-bond donors (Lipinski definition) is 0. The van der Waals surface area contributed by atoms with E-state index in [1.54, 1.807) is 0 Å². The highest BCUT2D eigenvalue weighted by molar-refractivity contribution is 7.75. The fourth-order valence-corrected chi connectivity index (χ4v) is 6.60. The summed E-state index contributed by atoms with van der Waals surface area (Å²) in [7, 11) is 0. The summed E-state index contributed by atoms with van der Waals surface area (Å²) >= 11 is 36.4. The van der Waals surface area contributed by atoms with Crippen LogP contribution in [-0.2, 0) is 19.7 Å². The van der Waals surface area contributed by atoms with Gasteiger partial charge in [-0.3, -0.25) is 8.37 Å². The number of alkyl halides is 4. The Balaban J connectivity index is 2.19. The van der Waals surface area contributed by atoms with Crippen LogP contribution in [0.3, 0.4) is 0 Å². The molecule has 0 aromatic rings. The van der Waals surface area contributed by atoms with Gasteiger partial charge in [-0.05, 0) is 0 Å². The number of halogens is 6. The van der Waals surface area contributed by atoms with E-state index in [2.05, 4.69) is 0 Å². The molecule has 1 heterocycles. The van der Waals surface area contributed by atoms with Gasteiger partial charge < -0.3 is 0 Å². The molecule has 1 aliphatic heterocycles. The minimum absolute atomic E-state index is 0.0107. The zero-order chi connectivity index (χ0) is 14.2. The third-order valence-corrected chi connectivity index (χ3v) is 8.95. The van der Waals surface area contributed by atoms with Gasteiger partial charge in [-0.15, -0.1) is 23.2 Å². The Kier molecular flexibility index (Phi) is 3.68. The maximum atomic E-state index is 11.3. The maximum absolute atomic E-state index is 11.3. The lowest BCUT2D eigenvalue weighted by molar-refractivity contribution is 0.207. The van der Waals surface area contributed by atoms with Gasteiger partial charge in [0.2, 0.25) is 0 Å². The molecule has 3 aliphatic rings. The average Bonchev–Trinajstić information content (AvgIpc) is 2.54. The Labute approximate surface area is 142 Å². The highest BCUT2D eigenvalue weighted by atomic mass is 35.5. The molecular formula is C9H6Cl6O3S. The van der Waals surface area contributed by atoms with Crippen molar-refractivity contribution in [3.05, 3.63) is 10.1 Å². The molecule has 0 spiro atoms. The van der Waals surface area contributed by atoms with Crippen LogP contribution in [0.5, 0.6) is 0 Å². The molecule has 3 nitrogen and oxygen atoms in total. The van der Waals surface area contributed by atoms with E-state index in [4.69, 9.17) is 78.0 Å². The first kappa shape index (κ1) is 15.4. The van der Waals surface area contributed by atoms with Crippen molar-refractivity contribution in [2.45, 2.75) is 14.1 Å². The fourth-order valence-electron chi connectivity index (χ4n) is 2.96. The van der Waals surface area contributed by atoms with Gasteiger partial charge in [0, 0.05) is 11.8 Å². The van der Waals surface area contributed by atoms with Crippen molar-refractivity contribution in [1.82, 2.24) is 0 Å².